The molecule has 1 aromatic carbocycles. The maximum absolute atomic E-state index is 8.23. The molecule has 0 radical (unpaired) electrons. The summed E-state index contributed by atoms with van der Waals surface area (Å²) in [6, 6.07) is 7.90. The van der Waals surface area contributed by atoms with E-state index in [0.717, 1.165) is 5.56 Å². The normalized spacial score (nSPS) is 11.8. The Bertz CT molecular complexity index is 313. The highest BCUT2D eigenvalue weighted by molar-refractivity contribution is 5.24. The SMILES string of the molecule is Cc1cccc(C(C)N=[N+]=[N-])c1. The molecule has 1 unspecified atom stereocenters. The molecule has 0 aliphatic heterocycles. The predicted molar refractivity (Wildman–Crippen MR) is 48.7 cm³/mol. The summed E-state index contributed by atoms with van der Waals surface area (Å²) in [4.78, 5) is 2.77. The van der Waals surface area contributed by atoms with Gasteiger partial charge < -0.3 is 0 Å². The monoisotopic (exact) mass is 161 g/mol. The van der Waals surface area contributed by atoms with E-state index in [1.165, 1.54) is 5.56 Å². The summed E-state index contributed by atoms with van der Waals surface area (Å²) in [6.45, 7) is 3.90. The van der Waals surface area contributed by atoms with Gasteiger partial charge in [0.1, 0.15) is 0 Å². The molecule has 12 heavy (non-hydrogen) atoms. The second kappa shape index (κ2) is 3.79. The van der Waals surface area contributed by atoms with E-state index in [4.69, 9.17) is 5.53 Å². The van der Waals surface area contributed by atoms with E-state index in [0.29, 0.717) is 0 Å². The van der Waals surface area contributed by atoms with Crippen LogP contribution in [0.3, 0.4) is 0 Å². The van der Waals surface area contributed by atoms with Crippen LogP contribution >= 0.6 is 0 Å². The van der Waals surface area contributed by atoms with Gasteiger partial charge in [0.2, 0.25) is 0 Å². The highest BCUT2D eigenvalue weighted by Crippen LogP contribution is 2.17. The third-order valence-corrected chi connectivity index (χ3v) is 1.75. The van der Waals surface area contributed by atoms with E-state index in [2.05, 4.69) is 10.0 Å². The Morgan fingerprint density at radius 3 is 2.83 bits per heavy atom. The fraction of sp³-hybridized carbons (Fsp3) is 0.333. The van der Waals surface area contributed by atoms with Gasteiger partial charge >= 0.3 is 0 Å². The van der Waals surface area contributed by atoms with E-state index in [1.807, 2.05) is 38.1 Å². The summed E-state index contributed by atoms with van der Waals surface area (Å²) in [5.74, 6) is 0. The second-order valence-electron chi connectivity index (χ2n) is 2.80. The Morgan fingerprint density at radius 2 is 2.25 bits per heavy atom. The Balaban J connectivity index is 2.94. The highest BCUT2D eigenvalue weighted by atomic mass is 15.1. The molecular weight excluding hydrogens is 150 g/mol. The quantitative estimate of drug-likeness (QED) is 0.363. The first-order valence-corrected chi connectivity index (χ1v) is 3.85. The van der Waals surface area contributed by atoms with Crippen molar-refractivity contribution >= 4 is 0 Å². The maximum atomic E-state index is 8.23. The average molecular weight is 161 g/mol. The minimum atomic E-state index is -0.0742. The van der Waals surface area contributed by atoms with Crippen LogP contribution in [-0.2, 0) is 0 Å². The maximum Gasteiger partial charge on any atom is 0.0597 e. The summed E-state index contributed by atoms with van der Waals surface area (Å²) in [7, 11) is 0. The van der Waals surface area contributed by atoms with Crippen molar-refractivity contribution in [2.45, 2.75) is 19.9 Å². The zero-order valence-corrected chi connectivity index (χ0v) is 7.23. The predicted octanol–water partition coefficient (Wildman–Crippen LogP) is 3.37. The molecule has 0 bridgehead atoms. The van der Waals surface area contributed by atoms with E-state index in [1.54, 1.807) is 0 Å². The second-order valence-corrected chi connectivity index (χ2v) is 2.80. The van der Waals surface area contributed by atoms with Crippen molar-refractivity contribution in [1.82, 2.24) is 0 Å². The molecule has 0 heterocycles. The van der Waals surface area contributed by atoms with E-state index in [-0.39, 0.29) is 6.04 Å². The topological polar surface area (TPSA) is 48.8 Å². The summed E-state index contributed by atoms with van der Waals surface area (Å²) < 4.78 is 0. The van der Waals surface area contributed by atoms with Crippen molar-refractivity contribution in [3.8, 4) is 0 Å². The lowest BCUT2D eigenvalue weighted by atomic mass is 10.1. The van der Waals surface area contributed by atoms with Gasteiger partial charge in [-0.05, 0) is 18.0 Å². The fourth-order valence-electron chi connectivity index (χ4n) is 1.07. The third kappa shape index (κ3) is 2.01. The first-order valence-electron chi connectivity index (χ1n) is 3.85. The molecule has 0 spiro atoms. The van der Waals surface area contributed by atoms with Crippen molar-refractivity contribution in [2.24, 2.45) is 5.11 Å². The van der Waals surface area contributed by atoms with Crippen LogP contribution in [0.4, 0.5) is 0 Å². The number of azide groups is 1. The molecule has 0 fully saturated rings. The van der Waals surface area contributed by atoms with Crippen LogP contribution in [0.5, 0.6) is 0 Å². The first kappa shape index (κ1) is 8.62. The summed E-state index contributed by atoms with van der Waals surface area (Å²) in [6.07, 6.45) is 0. The van der Waals surface area contributed by atoms with Crippen LogP contribution in [0.1, 0.15) is 24.1 Å². The van der Waals surface area contributed by atoms with Gasteiger partial charge in [-0.3, -0.25) is 0 Å². The van der Waals surface area contributed by atoms with Gasteiger partial charge in [0.15, 0.2) is 0 Å². The van der Waals surface area contributed by atoms with Crippen molar-refractivity contribution in [3.05, 3.63) is 45.8 Å². The third-order valence-electron chi connectivity index (χ3n) is 1.75. The minimum absolute atomic E-state index is 0.0742. The number of hydrogen-bond acceptors (Lipinski definition) is 1. The molecular formula is C9H11N3. The molecule has 0 saturated heterocycles. The van der Waals surface area contributed by atoms with E-state index < -0.39 is 0 Å². The van der Waals surface area contributed by atoms with Gasteiger partial charge in [-0.1, -0.05) is 41.9 Å². The molecule has 0 aliphatic carbocycles. The molecule has 0 aliphatic rings. The fourth-order valence-corrected chi connectivity index (χ4v) is 1.07. The van der Waals surface area contributed by atoms with Crippen LogP contribution in [0, 0.1) is 6.92 Å². The first-order chi connectivity index (χ1) is 5.74. The van der Waals surface area contributed by atoms with E-state index in [9.17, 15) is 0 Å². The van der Waals surface area contributed by atoms with Crippen LogP contribution < -0.4 is 0 Å². The summed E-state index contributed by atoms with van der Waals surface area (Å²) in [5.41, 5.74) is 10.5. The Labute approximate surface area is 71.7 Å². The molecule has 0 N–H and O–H groups in total. The zero-order chi connectivity index (χ0) is 8.97. The van der Waals surface area contributed by atoms with Crippen LogP contribution in [0.15, 0.2) is 29.4 Å². The number of nitrogens with zero attached hydrogens (tertiary/aromatic N) is 3. The molecule has 3 heteroatoms. The van der Waals surface area contributed by atoms with E-state index >= 15 is 0 Å². The Hall–Kier alpha value is -1.47. The molecule has 1 aromatic rings. The van der Waals surface area contributed by atoms with Crippen molar-refractivity contribution in [3.63, 3.8) is 0 Å². The van der Waals surface area contributed by atoms with Crippen molar-refractivity contribution in [1.29, 1.82) is 0 Å². The standard InChI is InChI=1S/C9H11N3/c1-7-4-3-5-9(6-7)8(2)11-12-10/h3-6,8H,1-2H3. The van der Waals surface area contributed by atoms with Crippen LogP contribution in [0.25, 0.3) is 10.4 Å². The molecule has 3 nitrogen and oxygen atoms in total. The van der Waals surface area contributed by atoms with Crippen molar-refractivity contribution < 1.29 is 0 Å². The van der Waals surface area contributed by atoms with Gasteiger partial charge in [0, 0.05) is 4.91 Å². The van der Waals surface area contributed by atoms with Gasteiger partial charge in [0.25, 0.3) is 0 Å². The van der Waals surface area contributed by atoms with Gasteiger partial charge in [-0.2, -0.15) is 0 Å². The molecule has 1 atom stereocenters. The largest absolute Gasteiger partial charge is 0.0862 e. The molecule has 0 aromatic heterocycles. The van der Waals surface area contributed by atoms with Gasteiger partial charge in [-0.25, -0.2) is 0 Å². The van der Waals surface area contributed by atoms with Gasteiger partial charge in [0.05, 0.1) is 6.04 Å². The number of hydrogen-bond donors (Lipinski definition) is 0. The zero-order valence-electron chi connectivity index (χ0n) is 7.23. The molecule has 0 saturated carbocycles. The number of rotatable bonds is 2. The molecule has 62 valence electrons. The smallest absolute Gasteiger partial charge is 0.0597 e. The molecule has 0 amide bonds. The van der Waals surface area contributed by atoms with Gasteiger partial charge in [-0.15, -0.1) is 0 Å². The lowest BCUT2D eigenvalue weighted by molar-refractivity contribution is 0.806. The van der Waals surface area contributed by atoms with Crippen LogP contribution in [-0.4, -0.2) is 0 Å². The number of benzene rings is 1. The van der Waals surface area contributed by atoms with Crippen LogP contribution in [0.2, 0.25) is 0 Å². The number of aryl methyl sites for hydroxylation is 1. The highest BCUT2D eigenvalue weighted by Gasteiger charge is 2.00. The Morgan fingerprint density at radius 1 is 1.50 bits per heavy atom. The minimum Gasteiger partial charge on any atom is -0.0862 e. The lowest BCUT2D eigenvalue weighted by Gasteiger charge is -2.04. The molecule has 1 rings (SSSR count). The van der Waals surface area contributed by atoms with Crippen molar-refractivity contribution in [2.75, 3.05) is 0 Å². The summed E-state index contributed by atoms with van der Waals surface area (Å²) >= 11 is 0. The Kier molecular flexibility index (Phi) is 2.72. The average Bonchev–Trinajstić information content (AvgIpc) is 2.05. The lowest BCUT2D eigenvalue weighted by Crippen LogP contribution is -1.87. The summed E-state index contributed by atoms with van der Waals surface area (Å²) in [5, 5.41) is 3.62.